The normalized spacial score (nSPS) is 20.9. The molecule has 2 aromatic carbocycles. The van der Waals surface area contributed by atoms with Gasteiger partial charge in [-0.2, -0.15) is 26.3 Å². The molecule has 3 unspecified atom stereocenters. The van der Waals surface area contributed by atoms with Crippen LogP contribution in [0.4, 0.5) is 42.6 Å². The first-order valence-corrected chi connectivity index (χ1v) is 12.0. The van der Waals surface area contributed by atoms with E-state index in [9.17, 15) is 35.9 Å². The van der Waals surface area contributed by atoms with Gasteiger partial charge < -0.3 is 25.4 Å². The van der Waals surface area contributed by atoms with Crippen molar-refractivity contribution < 1.29 is 45.4 Å². The summed E-state index contributed by atoms with van der Waals surface area (Å²) in [5, 5.41) is 7.31. The van der Waals surface area contributed by atoms with Crippen molar-refractivity contribution in [1.29, 1.82) is 0 Å². The third-order valence-corrected chi connectivity index (χ3v) is 6.80. The second-order valence-electron chi connectivity index (χ2n) is 9.51. The summed E-state index contributed by atoms with van der Waals surface area (Å²) in [5.41, 5.74) is -2.25. The highest BCUT2D eigenvalue weighted by Gasteiger charge is 2.59. The summed E-state index contributed by atoms with van der Waals surface area (Å²) in [5.74, 6) is 1.55. The van der Waals surface area contributed by atoms with E-state index in [1.807, 2.05) is 0 Å². The van der Waals surface area contributed by atoms with E-state index in [4.69, 9.17) is 9.47 Å². The Morgan fingerprint density at radius 2 is 1.73 bits per heavy atom. The summed E-state index contributed by atoms with van der Waals surface area (Å²) in [6.45, 7) is 0. The van der Waals surface area contributed by atoms with E-state index in [0.29, 0.717) is 48.0 Å². The van der Waals surface area contributed by atoms with Crippen molar-refractivity contribution in [3.63, 3.8) is 0 Å². The van der Waals surface area contributed by atoms with E-state index in [0.717, 1.165) is 11.1 Å². The Kier molecular flexibility index (Phi) is 5.82. The maximum atomic E-state index is 13.1. The molecule has 0 radical (unpaired) electrons. The number of urea groups is 1. The lowest BCUT2D eigenvalue weighted by Crippen LogP contribution is -2.34. The first kappa shape index (κ1) is 25.8. The minimum atomic E-state index is -5.04. The van der Waals surface area contributed by atoms with Gasteiger partial charge in [0.25, 0.3) is 0 Å². The maximum Gasteiger partial charge on any atom is 0.416 e. The number of rotatable bonds is 4. The molecule has 0 saturated heterocycles. The summed E-state index contributed by atoms with van der Waals surface area (Å²) in [4.78, 5) is 28.3. The fraction of sp³-hybridized carbons (Fsp3) is 0.269. The van der Waals surface area contributed by atoms with Gasteiger partial charge in [0.2, 0.25) is 5.91 Å². The van der Waals surface area contributed by atoms with E-state index in [2.05, 4.69) is 20.9 Å². The second-order valence-corrected chi connectivity index (χ2v) is 9.51. The molecule has 2 aliphatic heterocycles. The maximum absolute atomic E-state index is 13.1. The van der Waals surface area contributed by atoms with Gasteiger partial charge in [0, 0.05) is 29.4 Å². The van der Waals surface area contributed by atoms with Crippen LogP contribution < -0.4 is 25.4 Å². The number of halogens is 6. The summed E-state index contributed by atoms with van der Waals surface area (Å²) in [6.07, 6.45) is -8.27. The number of hydrogen-bond donors (Lipinski definition) is 3. The SMILES string of the molecule is O=C1CCc2c(Oc3ccc4c(c3)C3C(NC(=O)Nc5cc(C(F)(F)F)cc(C(F)(F)F)c5)C3O4)ccnc2N1. The molecule has 3 N–H and O–H groups in total. The lowest BCUT2D eigenvalue weighted by Gasteiger charge is -2.19. The summed E-state index contributed by atoms with van der Waals surface area (Å²) >= 11 is 0. The van der Waals surface area contributed by atoms with Crippen LogP contribution in [0.2, 0.25) is 0 Å². The molecule has 3 aromatic rings. The van der Waals surface area contributed by atoms with Crippen LogP contribution in [0.25, 0.3) is 0 Å². The van der Waals surface area contributed by atoms with Gasteiger partial charge in [-0.3, -0.25) is 4.79 Å². The van der Waals surface area contributed by atoms with Crippen LogP contribution in [0.1, 0.15) is 34.6 Å². The predicted molar refractivity (Wildman–Crippen MR) is 127 cm³/mol. The number of nitrogens with zero attached hydrogens (tertiary/aromatic N) is 1. The molecule has 0 bridgehead atoms. The van der Waals surface area contributed by atoms with Gasteiger partial charge in [-0.25, -0.2) is 9.78 Å². The first-order chi connectivity index (χ1) is 18.9. The number of alkyl halides is 6. The minimum Gasteiger partial charge on any atom is -0.487 e. The van der Waals surface area contributed by atoms with Crippen LogP contribution in [0.5, 0.6) is 17.2 Å². The smallest absolute Gasteiger partial charge is 0.416 e. The van der Waals surface area contributed by atoms with Crippen LogP contribution in [-0.2, 0) is 23.6 Å². The zero-order chi connectivity index (χ0) is 28.4. The van der Waals surface area contributed by atoms with E-state index in [1.54, 1.807) is 24.3 Å². The molecular formula is C26H18F6N4O4. The molecule has 3 heterocycles. The van der Waals surface area contributed by atoms with E-state index >= 15 is 0 Å². The average Bonchev–Trinajstić information content (AvgIpc) is 3.38. The molecule has 3 aliphatic rings. The molecule has 1 aliphatic carbocycles. The number of anilines is 2. The molecule has 1 saturated carbocycles. The van der Waals surface area contributed by atoms with Crippen LogP contribution in [-0.4, -0.2) is 29.1 Å². The average molecular weight is 564 g/mol. The highest BCUT2D eigenvalue weighted by Crippen LogP contribution is 2.54. The Bertz CT molecular complexity index is 1510. The quantitative estimate of drug-likeness (QED) is 0.346. The number of fused-ring (bicyclic) bond motifs is 4. The third-order valence-electron chi connectivity index (χ3n) is 6.80. The standard InChI is InChI=1S/C26H18F6N4O4/c27-25(28,29)11-7-12(26(30,31)32)9-13(8-11)34-24(38)36-21-20-16-10-14(1-3-17(16)40-22(20)21)39-18-5-6-33-23-15(18)2-4-19(37)35-23/h1,3,5-10,20-22H,2,4H2,(H,33,35,37)(H2,34,36,38). The highest BCUT2D eigenvalue weighted by molar-refractivity contribution is 5.93. The molecule has 3 atom stereocenters. The molecule has 14 heteroatoms. The van der Waals surface area contributed by atoms with E-state index in [-0.39, 0.29) is 17.9 Å². The van der Waals surface area contributed by atoms with Crippen molar-refractivity contribution in [2.75, 3.05) is 10.6 Å². The number of ether oxygens (including phenoxy) is 2. The number of benzene rings is 2. The zero-order valence-electron chi connectivity index (χ0n) is 20.1. The molecular weight excluding hydrogens is 546 g/mol. The molecule has 0 spiro atoms. The minimum absolute atomic E-state index is 0.0173. The van der Waals surface area contributed by atoms with E-state index in [1.165, 1.54) is 6.20 Å². The molecule has 1 fully saturated rings. The monoisotopic (exact) mass is 564 g/mol. The van der Waals surface area contributed by atoms with Gasteiger partial charge in [0.1, 0.15) is 29.2 Å². The number of carbonyl (C=O) groups excluding carboxylic acids is 2. The van der Waals surface area contributed by atoms with Crippen molar-refractivity contribution in [3.05, 3.63) is 70.9 Å². The first-order valence-electron chi connectivity index (χ1n) is 12.0. The predicted octanol–water partition coefficient (Wildman–Crippen LogP) is 5.84. The molecule has 3 amide bonds. The molecule has 6 rings (SSSR count). The fourth-order valence-electron chi connectivity index (χ4n) is 4.90. The van der Waals surface area contributed by atoms with Crippen molar-refractivity contribution in [2.45, 2.75) is 43.3 Å². The molecule has 1 aromatic heterocycles. The van der Waals surface area contributed by atoms with E-state index < -0.39 is 47.3 Å². The highest BCUT2D eigenvalue weighted by atomic mass is 19.4. The van der Waals surface area contributed by atoms with Crippen molar-refractivity contribution in [2.24, 2.45) is 0 Å². The Balaban J connectivity index is 1.15. The number of pyridine rings is 1. The van der Waals surface area contributed by atoms with Crippen LogP contribution in [0.3, 0.4) is 0 Å². The van der Waals surface area contributed by atoms with Crippen LogP contribution in [0.15, 0.2) is 48.7 Å². The van der Waals surface area contributed by atoms with Gasteiger partial charge in [0.15, 0.2) is 0 Å². The van der Waals surface area contributed by atoms with Crippen LogP contribution in [0, 0.1) is 0 Å². The molecule has 8 nitrogen and oxygen atoms in total. The van der Waals surface area contributed by atoms with Gasteiger partial charge in [-0.1, -0.05) is 0 Å². The summed E-state index contributed by atoms with van der Waals surface area (Å²) < 4.78 is 90.6. The number of nitrogens with one attached hydrogen (secondary N) is 3. The Hall–Kier alpha value is -4.49. The van der Waals surface area contributed by atoms with Gasteiger partial charge in [-0.05, 0) is 48.9 Å². The Morgan fingerprint density at radius 3 is 2.42 bits per heavy atom. The second kappa shape index (κ2) is 9.03. The number of hydrogen-bond acceptors (Lipinski definition) is 5. The number of aromatic nitrogens is 1. The Morgan fingerprint density at radius 1 is 1.00 bits per heavy atom. The topological polar surface area (TPSA) is 102 Å². The lowest BCUT2D eigenvalue weighted by molar-refractivity contribution is -0.143. The Labute approximate surface area is 221 Å². The fourth-order valence-corrected chi connectivity index (χ4v) is 4.90. The van der Waals surface area contributed by atoms with Gasteiger partial charge in [-0.15, -0.1) is 0 Å². The number of carbonyl (C=O) groups is 2. The van der Waals surface area contributed by atoms with Crippen molar-refractivity contribution in [3.8, 4) is 17.2 Å². The van der Waals surface area contributed by atoms with Crippen LogP contribution >= 0.6 is 0 Å². The lowest BCUT2D eigenvalue weighted by atomic mass is 10.1. The summed E-state index contributed by atoms with van der Waals surface area (Å²) in [6, 6.07) is 6.11. The number of amides is 3. The molecule has 40 heavy (non-hydrogen) atoms. The zero-order valence-corrected chi connectivity index (χ0v) is 20.1. The van der Waals surface area contributed by atoms with Gasteiger partial charge >= 0.3 is 18.4 Å². The molecule has 208 valence electrons. The largest absolute Gasteiger partial charge is 0.487 e. The summed E-state index contributed by atoms with van der Waals surface area (Å²) in [7, 11) is 0. The third kappa shape index (κ3) is 4.84. The van der Waals surface area contributed by atoms with Crippen molar-refractivity contribution >= 4 is 23.4 Å². The van der Waals surface area contributed by atoms with Crippen molar-refractivity contribution in [1.82, 2.24) is 10.3 Å². The van der Waals surface area contributed by atoms with Gasteiger partial charge in [0.05, 0.1) is 23.1 Å².